The van der Waals surface area contributed by atoms with Crippen molar-refractivity contribution in [2.45, 2.75) is 0 Å². The minimum absolute atomic E-state index is 0. The monoisotopic (exact) mass is 378 g/mol. The Hall–Kier alpha value is -2.31. The van der Waals surface area contributed by atoms with Gasteiger partial charge in [0.1, 0.15) is 5.82 Å². The molecule has 140 valence electrons. The highest BCUT2D eigenvalue weighted by Gasteiger charge is 2.17. The zero-order valence-corrected chi connectivity index (χ0v) is 15.3. The zero-order valence-electron chi connectivity index (χ0n) is 14.5. The summed E-state index contributed by atoms with van der Waals surface area (Å²) in [5.41, 5.74) is 7.95. The maximum atomic E-state index is 13.0. The van der Waals surface area contributed by atoms with Crippen molar-refractivity contribution >= 4 is 29.7 Å². The number of halogens is 2. The first-order valence-electron chi connectivity index (χ1n) is 8.48. The van der Waals surface area contributed by atoms with Crippen molar-refractivity contribution in [2.75, 3.05) is 49.9 Å². The SMILES string of the molecule is Cl.Nc1ccc(C(=O)NCCN2CCN(c3ccc(F)cc3)CC2)cc1. The Kier molecular flexibility index (Phi) is 7.24. The van der Waals surface area contributed by atoms with Gasteiger partial charge in [0.2, 0.25) is 0 Å². The molecule has 0 saturated carbocycles. The van der Waals surface area contributed by atoms with E-state index < -0.39 is 0 Å². The summed E-state index contributed by atoms with van der Waals surface area (Å²) in [5, 5.41) is 2.94. The quantitative estimate of drug-likeness (QED) is 0.784. The lowest BCUT2D eigenvalue weighted by atomic mass is 10.2. The molecule has 0 atom stereocenters. The van der Waals surface area contributed by atoms with E-state index in [0.717, 1.165) is 38.4 Å². The van der Waals surface area contributed by atoms with Crippen molar-refractivity contribution in [2.24, 2.45) is 0 Å². The number of hydrogen-bond acceptors (Lipinski definition) is 4. The standard InChI is InChI=1S/C19H23FN4O.ClH/c20-16-3-7-18(8-4-16)24-13-11-23(12-14-24)10-9-22-19(25)15-1-5-17(21)6-2-15;/h1-8H,9-14,21H2,(H,22,25);1H. The van der Waals surface area contributed by atoms with Crippen molar-refractivity contribution in [3.05, 3.63) is 59.9 Å². The molecule has 1 aliphatic rings. The number of hydrogen-bond donors (Lipinski definition) is 2. The molecule has 0 spiro atoms. The minimum Gasteiger partial charge on any atom is -0.399 e. The summed E-state index contributed by atoms with van der Waals surface area (Å²) in [5.74, 6) is -0.288. The van der Waals surface area contributed by atoms with Gasteiger partial charge in [0.05, 0.1) is 0 Å². The van der Waals surface area contributed by atoms with Gasteiger partial charge in [0.25, 0.3) is 5.91 Å². The van der Waals surface area contributed by atoms with Gasteiger partial charge in [-0.25, -0.2) is 4.39 Å². The van der Waals surface area contributed by atoms with Crippen molar-refractivity contribution < 1.29 is 9.18 Å². The Bertz CT molecular complexity index is 700. The molecule has 7 heteroatoms. The number of amides is 1. The van der Waals surface area contributed by atoms with Crippen LogP contribution in [0.2, 0.25) is 0 Å². The van der Waals surface area contributed by atoms with E-state index in [1.165, 1.54) is 12.1 Å². The summed E-state index contributed by atoms with van der Waals surface area (Å²) in [4.78, 5) is 16.6. The van der Waals surface area contributed by atoms with E-state index in [2.05, 4.69) is 15.1 Å². The fourth-order valence-electron chi connectivity index (χ4n) is 2.95. The third-order valence-electron chi connectivity index (χ3n) is 4.45. The van der Waals surface area contributed by atoms with Crippen LogP contribution in [-0.2, 0) is 0 Å². The van der Waals surface area contributed by atoms with E-state index in [-0.39, 0.29) is 24.1 Å². The molecule has 0 aliphatic carbocycles. The zero-order chi connectivity index (χ0) is 17.6. The number of anilines is 2. The summed E-state index contributed by atoms with van der Waals surface area (Å²) in [7, 11) is 0. The molecule has 1 heterocycles. The number of nitrogens with two attached hydrogens (primary N) is 1. The van der Waals surface area contributed by atoms with Gasteiger partial charge in [-0.15, -0.1) is 12.4 Å². The Labute approximate surface area is 159 Å². The summed E-state index contributed by atoms with van der Waals surface area (Å²) in [6.07, 6.45) is 0. The van der Waals surface area contributed by atoms with Gasteiger partial charge in [-0.3, -0.25) is 9.69 Å². The van der Waals surface area contributed by atoms with Crippen LogP contribution in [0.5, 0.6) is 0 Å². The van der Waals surface area contributed by atoms with E-state index >= 15 is 0 Å². The molecule has 2 aromatic carbocycles. The topological polar surface area (TPSA) is 61.6 Å². The molecule has 0 radical (unpaired) electrons. The molecule has 0 bridgehead atoms. The average molecular weight is 379 g/mol. The number of nitrogen functional groups attached to an aromatic ring is 1. The Morgan fingerprint density at radius 3 is 2.23 bits per heavy atom. The maximum absolute atomic E-state index is 13.0. The van der Waals surface area contributed by atoms with Crippen LogP contribution in [0.3, 0.4) is 0 Å². The van der Waals surface area contributed by atoms with Crippen LogP contribution in [0.4, 0.5) is 15.8 Å². The molecule has 1 fully saturated rings. The van der Waals surface area contributed by atoms with Crippen molar-refractivity contribution in [1.82, 2.24) is 10.2 Å². The van der Waals surface area contributed by atoms with Crippen molar-refractivity contribution in [1.29, 1.82) is 0 Å². The normalized spacial score (nSPS) is 14.6. The second kappa shape index (κ2) is 9.40. The molecule has 26 heavy (non-hydrogen) atoms. The number of benzene rings is 2. The maximum Gasteiger partial charge on any atom is 0.251 e. The van der Waals surface area contributed by atoms with Crippen molar-refractivity contribution in [3.8, 4) is 0 Å². The second-order valence-corrected chi connectivity index (χ2v) is 6.18. The summed E-state index contributed by atoms with van der Waals surface area (Å²) in [6.45, 7) is 5.08. The fraction of sp³-hybridized carbons (Fsp3) is 0.316. The molecule has 3 N–H and O–H groups in total. The highest BCUT2D eigenvalue weighted by molar-refractivity contribution is 5.94. The molecule has 2 aromatic rings. The van der Waals surface area contributed by atoms with Crippen LogP contribution < -0.4 is 16.0 Å². The van der Waals surface area contributed by atoms with Gasteiger partial charge in [-0.2, -0.15) is 0 Å². The Morgan fingerprint density at radius 1 is 1.00 bits per heavy atom. The van der Waals surface area contributed by atoms with Crippen LogP contribution in [0.25, 0.3) is 0 Å². The molecule has 3 rings (SSSR count). The van der Waals surface area contributed by atoms with E-state index in [1.54, 1.807) is 24.3 Å². The van der Waals surface area contributed by atoms with Crippen molar-refractivity contribution in [3.63, 3.8) is 0 Å². The number of nitrogens with one attached hydrogen (secondary N) is 1. The predicted molar refractivity (Wildman–Crippen MR) is 105 cm³/mol. The molecular weight excluding hydrogens is 355 g/mol. The van der Waals surface area contributed by atoms with E-state index in [1.807, 2.05) is 12.1 Å². The highest BCUT2D eigenvalue weighted by atomic mass is 35.5. The first-order valence-corrected chi connectivity index (χ1v) is 8.48. The van der Waals surface area contributed by atoms with Gasteiger partial charge < -0.3 is 16.0 Å². The summed E-state index contributed by atoms with van der Waals surface area (Å²) in [6, 6.07) is 13.5. The Balaban J connectivity index is 0.00000243. The molecule has 1 amide bonds. The third-order valence-corrected chi connectivity index (χ3v) is 4.45. The summed E-state index contributed by atoms with van der Waals surface area (Å²) < 4.78 is 13.0. The van der Waals surface area contributed by atoms with Gasteiger partial charge >= 0.3 is 0 Å². The average Bonchev–Trinajstić information content (AvgIpc) is 2.63. The van der Waals surface area contributed by atoms with Crippen LogP contribution in [0.1, 0.15) is 10.4 Å². The van der Waals surface area contributed by atoms with Crippen LogP contribution in [0.15, 0.2) is 48.5 Å². The van der Waals surface area contributed by atoms with Gasteiger partial charge in [-0.05, 0) is 48.5 Å². The number of carbonyl (C=O) groups is 1. The van der Waals surface area contributed by atoms with Crippen LogP contribution >= 0.6 is 12.4 Å². The smallest absolute Gasteiger partial charge is 0.251 e. The largest absolute Gasteiger partial charge is 0.399 e. The lowest BCUT2D eigenvalue weighted by Gasteiger charge is -2.36. The number of nitrogens with zero attached hydrogens (tertiary/aromatic N) is 2. The molecule has 1 saturated heterocycles. The van der Waals surface area contributed by atoms with Gasteiger partial charge in [0, 0.05) is 56.2 Å². The van der Waals surface area contributed by atoms with Crippen LogP contribution in [0, 0.1) is 5.82 Å². The molecular formula is C19H24ClFN4O. The predicted octanol–water partition coefficient (Wildman–Crippen LogP) is 2.38. The van der Waals surface area contributed by atoms with Gasteiger partial charge in [-0.1, -0.05) is 0 Å². The number of rotatable bonds is 5. The number of carbonyl (C=O) groups excluding carboxylic acids is 1. The van der Waals surface area contributed by atoms with E-state index in [0.29, 0.717) is 17.8 Å². The second-order valence-electron chi connectivity index (χ2n) is 6.18. The molecule has 0 unspecified atom stereocenters. The minimum atomic E-state index is -0.209. The van der Waals surface area contributed by atoms with Gasteiger partial charge in [0.15, 0.2) is 0 Å². The molecule has 0 aromatic heterocycles. The lowest BCUT2D eigenvalue weighted by molar-refractivity contribution is 0.0948. The first-order chi connectivity index (χ1) is 12.1. The number of piperazine rings is 1. The van der Waals surface area contributed by atoms with E-state index in [4.69, 9.17) is 5.73 Å². The molecule has 1 aliphatic heterocycles. The first kappa shape index (κ1) is 20.0. The van der Waals surface area contributed by atoms with E-state index in [9.17, 15) is 9.18 Å². The van der Waals surface area contributed by atoms with Crippen LogP contribution in [-0.4, -0.2) is 50.1 Å². The lowest BCUT2D eigenvalue weighted by Crippen LogP contribution is -2.48. The Morgan fingerprint density at radius 2 is 1.62 bits per heavy atom. The summed E-state index contributed by atoms with van der Waals surface area (Å²) >= 11 is 0. The fourth-order valence-corrected chi connectivity index (χ4v) is 2.95. The molecule has 5 nitrogen and oxygen atoms in total. The third kappa shape index (κ3) is 5.34. The highest BCUT2D eigenvalue weighted by Crippen LogP contribution is 2.16.